The second-order valence-corrected chi connectivity index (χ2v) is 6.00. The minimum atomic E-state index is 0.180. The van der Waals surface area contributed by atoms with E-state index in [0.29, 0.717) is 6.04 Å². The maximum absolute atomic E-state index is 4.49. The van der Waals surface area contributed by atoms with Crippen molar-refractivity contribution < 1.29 is 0 Å². The lowest BCUT2D eigenvalue weighted by molar-refractivity contribution is 0.269. The van der Waals surface area contributed by atoms with Crippen molar-refractivity contribution in [1.29, 1.82) is 0 Å². The van der Waals surface area contributed by atoms with Gasteiger partial charge in [-0.25, -0.2) is 0 Å². The average molecular weight is 261 g/mol. The Morgan fingerprint density at radius 1 is 1.32 bits per heavy atom. The number of fused-ring (bicyclic) bond motifs is 1. The van der Waals surface area contributed by atoms with E-state index in [-0.39, 0.29) is 5.41 Å². The molecule has 0 saturated heterocycles. The van der Waals surface area contributed by atoms with Crippen LogP contribution in [0, 0.1) is 12.3 Å². The Kier molecular flexibility index (Phi) is 3.85. The molecule has 19 heavy (non-hydrogen) atoms. The molecule has 1 unspecified atom stereocenters. The summed E-state index contributed by atoms with van der Waals surface area (Å²) in [4.78, 5) is 4.49. The number of nitrogens with one attached hydrogen (secondary N) is 1. The minimum Gasteiger partial charge on any atom is -0.313 e. The van der Waals surface area contributed by atoms with Crippen LogP contribution in [0.1, 0.15) is 39.2 Å². The van der Waals surface area contributed by atoms with Gasteiger partial charge in [0.05, 0.1) is 5.69 Å². The summed E-state index contributed by atoms with van der Waals surface area (Å²) in [6, 6.07) is 0.369. The summed E-state index contributed by atoms with van der Waals surface area (Å²) in [6.45, 7) is 11.8. The van der Waals surface area contributed by atoms with Crippen molar-refractivity contribution in [3.63, 3.8) is 0 Å². The maximum atomic E-state index is 4.49. The number of aryl methyl sites for hydroxylation is 1. The molecule has 2 heterocycles. The molecular formula is C14H23N5. The molecule has 0 amide bonds. The largest absolute Gasteiger partial charge is 0.313 e. The van der Waals surface area contributed by atoms with E-state index >= 15 is 0 Å². The molecule has 0 aromatic carbocycles. The third-order valence-corrected chi connectivity index (χ3v) is 3.46. The maximum Gasteiger partial charge on any atom is 0.182 e. The van der Waals surface area contributed by atoms with Crippen LogP contribution in [0.25, 0.3) is 5.65 Å². The molecule has 1 atom stereocenters. The molecule has 1 N–H and O–H groups in total. The second kappa shape index (κ2) is 5.25. The van der Waals surface area contributed by atoms with Gasteiger partial charge in [0.15, 0.2) is 5.65 Å². The van der Waals surface area contributed by atoms with Gasteiger partial charge in [0.1, 0.15) is 5.82 Å². The van der Waals surface area contributed by atoms with Crippen LogP contribution in [0.2, 0.25) is 0 Å². The highest BCUT2D eigenvalue weighted by Crippen LogP contribution is 2.23. The zero-order valence-electron chi connectivity index (χ0n) is 12.4. The van der Waals surface area contributed by atoms with E-state index in [4.69, 9.17) is 0 Å². The fourth-order valence-electron chi connectivity index (χ4n) is 2.26. The van der Waals surface area contributed by atoms with Gasteiger partial charge < -0.3 is 5.32 Å². The summed E-state index contributed by atoms with van der Waals surface area (Å²) >= 11 is 0. The first-order valence-corrected chi connectivity index (χ1v) is 6.82. The van der Waals surface area contributed by atoms with Crippen LogP contribution < -0.4 is 5.32 Å². The van der Waals surface area contributed by atoms with Crippen molar-refractivity contribution >= 4 is 5.65 Å². The normalized spacial score (nSPS) is 13.9. The van der Waals surface area contributed by atoms with Crippen molar-refractivity contribution in [3.05, 3.63) is 23.9 Å². The van der Waals surface area contributed by atoms with Gasteiger partial charge in [0.25, 0.3) is 0 Å². The van der Waals surface area contributed by atoms with E-state index < -0.39 is 0 Å². The Morgan fingerprint density at radius 2 is 2.05 bits per heavy atom. The van der Waals surface area contributed by atoms with Gasteiger partial charge in [-0.05, 0) is 18.9 Å². The number of hydrogen-bond acceptors (Lipinski definition) is 4. The van der Waals surface area contributed by atoms with Gasteiger partial charge in [-0.15, -0.1) is 10.2 Å². The van der Waals surface area contributed by atoms with Gasteiger partial charge in [0, 0.05) is 24.9 Å². The molecule has 0 saturated carbocycles. The first kappa shape index (κ1) is 13.9. The molecule has 2 rings (SSSR count). The zero-order chi connectivity index (χ0) is 14.0. The number of likely N-dealkylation sites (N-methyl/N-ethyl adjacent to an activating group) is 1. The van der Waals surface area contributed by atoms with Crippen molar-refractivity contribution in [2.45, 2.75) is 47.1 Å². The van der Waals surface area contributed by atoms with Gasteiger partial charge in [-0.2, -0.15) is 0 Å². The lowest BCUT2D eigenvalue weighted by Crippen LogP contribution is -2.42. The van der Waals surface area contributed by atoms with Crippen LogP contribution in [0.3, 0.4) is 0 Å². The third-order valence-electron chi connectivity index (χ3n) is 3.46. The topological polar surface area (TPSA) is 55.1 Å². The van der Waals surface area contributed by atoms with E-state index in [1.54, 1.807) is 0 Å². The van der Waals surface area contributed by atoms with E-state index in [1.807, 2.05) is 23.7 Å². The van der Waals surface area contributed by atoms with Gasteiger partial charge in [-0.1, -0.05) is 27.7 Å². The van der Waals surface area contributed by atoms with Crippen molar-refractivity contribution in [2.75, 3.05) is 6.54 Å². The van der Waals surface area contributed by atoms with Crippen LogP contribution in [0.4, 0.5) is 0 Å². The molecule has 0 spiro atoms. The molecular weight excluding hydrogens is 238 g/mol. The first-order valence-electron chi connectivity index (χ1n) is 6.82. The number of aromatic nitrogens is 4. The lowest BCUT2D eigenvalue weighted by Gasteiger charge is -2.31. The van der Waals surface area contributed by atoms with E-state index in [1.165, 1.54) is 0 Å². The summed E-state index contributed by atoms with van der Waals surface area (Å²) in [6.07, 6.45) is 4.59. The molecule has 0 bridgehead atoms. The fourth-order valence-corrected chi connectivity index (χ4v) is 2.26. The number of rotatable bonds is 4. The van der Waals surface area contributed by atoms with E-state index in [2.05, 4.69) is 48.2 Å². The third kappa shape index (κ3) is 2.92. The van der Waals surface area contributed by atoms with Crippen LogP contribution in [-0.4, -0.2) is 32.2 Å². The monoisotopic (exact) mass is 261 g/mol. The second-order valence-electron chi connectivity index (χ2n) is 6.00. The Balaban J connectivity index is 2.34. The highest BCUT2D eigenvalue weighted by molar-refractivity contribution is 5.43. The molecule has 2 aromatic heterocycles. The Hall–Kier alpha value is -1.49. The standard InChI is InChI=1S/C14H23N5/c1-6-15-12(14(3,4)5)9-11-13-18-17-10(2)19(13)8-7-16-11/h7-8,12,15H,6,9H2,1-5H3. The van der Waals surface area contributed by atoms with Crippen molar-refractivity contribution in [2.24, 2.45) is 5.41 Å². The highest BCUT2D eigenvalue weighted by Gasteiger charge is 2.25. The van der Waals surface area contributed by atoms with E-state index in [0.717, 1.165) is 30.1 Å². The molecule has 104 valence electrons. The molecule has 0 aliphatic rings. The molecule has 0 radical (unpaired) electrons. The molecule has 5 nitrogen and oxygen atoms in total. The Labute approximate surface area is 114 Å². The first-order chi connectivity index (χ1) is 8.93. The van der Waals surface area contributed by atoms with Crippen LogP contribution in [0.5, 0.6) is 0 Å². The summed E-state index contributed by atoms with van der Waals surface area (Å²) < 4.78 is 1.99. The smallest absolute Gasteiger partial charge is 0.182 e. The summed E-state index contributed by atoms with van der Waals surface area (Å²) in [5.74, 6) is 0.898. The highest BCUT2D eigenvalue weighted by atomic mass is 15.2. The Morgan fingerprint density at radius 3 is 2.68 bits per heavy atom. The summed E-state index contributed by atoms with van der Waals surface area (Å²) in [7, 11) is 0. The predicted octanol–water partition coefficient (Wildman–Crippen LogP) is 2.00. The Bertz CT molecular complexity index is 552. The average Bonchev–Trinajstić information content (AvgIpc) is 2.71. The van der Waals surface area contributed by atoms with Gasteiger partial charge in [-0.3, -0.25) is 9.38 Å². The van der Waals surface area contributed by atoms with Crippen molar-refractivity contribution in [1.82, 2.24) is 24.9 Å². The number of nitrogens with zero attached hydrogens (tertiary/aromatic N) is 4. The fraction of sp³-hybridized carbons (Fsp3) is 0.643. The van der Waals surface area contributed by atoms with Crippen LogP contribution in [0.15, 0.2) is 12.4 Å². The quantitative estimate of drug-likeness (QED) is 0.914. The molecule has 2 aromatic rings. The van der Waals surface area contributed by atoms with Crippen LogP contribution in [-0.2, 0) is 6.42 Å². The predicted molar refractivity (Wildman–Crippen MR) is 76.1 cm³/mol. The van der Waals surface area contributed by atoms with Gasteiger partial charge in [0.2, 0.25) is 0 Å². The molecule has 0 aliphatic carbocycles. The lowest BCUT2D eigenvalue weighted by atomic mass is 9.84. The SMILES string of the molecule is CCNC(Cc1nccn2c(C)nnc12)C(C)(C)C. The van der Waals surface area contributed by atoms with Gasteiger partial charge >= 0.3 is 0 Å². The molecule has 0 fully saturated rings. The van der Waals surface area contributed by atoms with Crippen LogP contribution >= 0.6 is 0 Å². The minimum absolute atomic E-state index is 0.180. The number of hydrogen-bond donors (Lipinski definition) is 1. The van der Waals surface area contributed by atoms with Crippen molar-refractivity contribution in [3.8, 4) is 0 Å². The summed E-state index contributed by atoms with van der Waals surface area (Å²) in [5.41, 5.74) is 2.05. The van der Waals surface area contributed by atoms with E-state index in [9.17, 15) is 0 Å². The molecule has 0 aliphatic heterocycles. The zero-order valence-corrected chi connectivity index (χ0v) is 12.4. The molecule has 5 heteroatoms. The summed E-state index contributed by atoms with van der Waals surface area (Å²) in [5, 5.41) is 11.9.